The molecule has 0 aliphatic heterocycles. The van der Waals surface area contributed by atoms with E-state index in [1.807, 2.05) is 13.8 Å². The molecule has 7 heteroatoms. The van der Waals surface area contributed by atoms with Crippen LogP contribution in [0.25, 0.3) is 11.3 Å². The van der Waals surface area contributed by atoms with Gasteiger partial charge >= 0.3 is 0 Å². The highest BCUT2D eigenvalue weighted by molar-refractivity contribution is 7.90. The number of hydrogen-bond acceptors (Lipinski definition) is 6. The summed E-state index contributed by atoms with van der Waals surface area (Å²) in [5.74, 6) is -3.53. The van der Waals surface area contributed by atoms with Crippen LogP contribution in [-0.2, 0) is 24.2 Å². The number of allylic oxidation sites excluding steroid dienone is 3. The van der Waals surface area contributed by atoms with Gasteiger partial charge in [-0.2, -0.15) is 0 Å². The second-order valence-electron chi connectivity index (χ2n) is 8.64. The van der Waals surface area contributed by atoms with E-state index in [1.54, 1.807) is 13.8 Å². The maximum absolute atomic E-state index is 12.9. The van der Waals surface area contributed by atoms with E-state index in [4.69, 9.17) is 0 Å². The van der Waals surface area contributed by atoms with Crippen LogP contribution in [0.3, 0.4) is 0 Å². The highest BCUT2D eigenvalue weighted by atomic mass is 32.2. The predicted molar refractivity (Wildman–Crippen MR) is 116 cm³/mol. The average molecular weight is 433 g/mol. The molecule has 0 spiro atoms. The van der Waals surface area contributed by atoms with Crippen LogP contribution in [0.2, 0.25) is 0 Å². The third kappa shape index (κ3) is 3.67. The molecule has 6 nitrogen and oxygen atoms in total. The molecule has 0 heterocycles. The van der Waals surface area contributed by atoms with Gasteiger partial charge in [0.05, 0.1) is 16.2 Å². The van der Waals surface area contributed by atoms with Crippen molar-refractivity contribution in [1.82, 2.24) is 0 Å². The van der Waals surface area contributed by atoms with Gasteiger partial charge in [-0.05, 0) is 77.3 Å². The second kappa shape index (κ2) is 7.61. The van der Waals surface area contributed by atoms with Crippen molar-refractivity contribution in [3.63, 3.8) is 0 Å². The SMILES string of the molecule is CC(C)=C(C)c1c(S(C)(=O)=O)ccc(C(O)=C2C(=O)C(C)C(=O)C(C)(C)C2=O)c1C. The van der Waals surface area contributed by atoms with Crippen molar-refractivity contribution in [3.8, 4) is 0 Å². The van der Waals surface area contributed by atoms with Gasteiger partial charge in [-0.1, -0.05) is 5.57 Å². The van der Waals surface area contributed by atoms with Crippen molar-refractivity contribution in [3.05, 3.63) is 40.0 Å². The van der Waals surface area contributed by atoms with Gasteiger partial charge in [0.1, 0.15) is 11.3 Å². The molecule has 0 aromatic heterocycles. The molecule has 1 fully saturated rings. The summed E-state index contributed by atoms with van der Waals surface area (Å²) in [6.45, 7) is 11.4. The van der Waals surface area contributed by atoms with E-state index in [9.17, 15) is 27.9 Å². The van der Waals surface area contributed by atoms with Crippen molar-refractivity contribution in [2.75, 3.05) is 6.26 Å². The van der Waals surface area contributed by atoms with Crippen molar-refractivity contribution in [2.45, 2.75) is 53.4 Å². The van der Waals surface area contributed by atoms with E-state index in [-0.39, 0.29) is 10.5 Å². The van der Waals surface area contributed by atoms with Gasteiger partial charge < -0.3 is 5.11 Å². The Balaban J connectivity index is 2.93. The molecule has 0 bridgehead atoms. The van der Waals surface area contributed by atoms with Gasteiger partial charge in [0.15, 0.2) is 27.2 Å². The van der Waals surface area contributed by atoms with Crippen LogP contribution >= 0.6 is 0 Å². The molecule has 1 saturated carbocycles. The predicted octanol–water partition coefficient (Wildman–Crippen LogP) is 3.86. The zero-order chi connectivity index (χ0) is 23.3. The Kier molecular flexibility index (Phi) is 6.02. The standard InChI is InChI=1S/C23H28O6S/c1-11(2)12(3)17-13(4)15(9-10-16(17)30(8,28)29)20(25)18-19(24)14(5)21(26)23(6,7)22(18)27/h9-10,14,25H,1-8H3. The number of benzene rings is 1. The lowest BCUT2D eigenvalue weighted by atomic mass is 9.67. The average Bonchev–Trinajstić information content (AvgIpc) is 2.63. The smallest absolute Gasteiger partial charge is 0.183 e. The van der Waals surface area contributed by atoms with Crippen LogP contribution < -0.4 is 0 Å². The first-order valence-corrected chi connectivity index (χ1v) is 11.5. The number of aliphatic hydroxyl groups is 1. The summed E-state index contributed by atoms with van der Waals surface area (Å²) < 4.78 is 24.7. The highest BCUT2D eigenvalue weighted by Crippen LogP contribution is 2.39. The second-order valence-corrected chi connectivity index (χ2v) is 10.6. The lowest BCUT2D eigenvalue weighted by Gasteiger charge is -2.31. The number of rotatable bonds is 3. The van der Waals surface area contributed by atoms with Crippen LogP contribution in [-0.4, -0.2) is 37.1 Å². The molecule has 1 N–H and O–H groups in total. The van der Waals surface area contributed by atoms with Crippen LogP contribution in [0.15, 0.2) is 28.2 Å². The summed E-state index contributed by atoms with van der Waals surface area (Å²) in [6.07, 6.45) is 1.10. The molecule has 162 valence electrons. The molecule has 1 aliphatic rings. The zero-order valence-electron chi connectivity index (χ0n) is 18.6. The van der Waals surface area contributed by atoms with E-state index in [1.165, 1.54) is 32.9 Å². The summed E-state index contributed by atoms with van der Waals surface area (Å²) >= 11 is 0. The minimum Gasteiger partial charge on any atom is -0.506 e. The van der Waals surface area contributed by atoms with Crippen LogP contribution in [0.4, 0.5) is 0 Å². The maximum atomic E-state index is 12.9. The minimum atomic E-state index is -3.57. The molecule has 1 unspecified atom stereocenters. The number of carbonyl (C=O) groups is 3. The molecular weight excluding hydrogens is 404 g/mol. The normalized spacial score (nSPS) is 20.9. The van der Waals surface area contributed by atoms with Gasteiger partial charge in [-0.25, -0.2) is 8.42 Å². The summed E-state index contributed by atoms with van der Waals surface area (Å²) in [5, 5.41) is 11.0. The van der Waals surface area contributed by atoms with Crippen molar-refractivity contribution >= 4 is 38.5 Å². The minimum absolute atomic E-state index is 0.102. The molecule has 1 atom stereocenters. The molecular formula is C23H28O6S. The molecule has 0 radical (unpaired) electrons. The van der Waals surface area contributed by atoms with Crippen LogP contribution in [0, 0.1) is 18.3 Å². The van der Waals surface area contributed by atoms with Gasteiger partial charge in [-0.15, -0.1) is 0 Å². The topological polar surface area (TPSA) is 106 Å². The number of carbonyl (C=O) groups excluding carboxylic acids is 3. The first kappa shape index (κ1) is 23.7. The van der Waals surface area contributed by atoms with Gasteiger partial charge in [-0.3, -0.25) is 14.4 Å². The van der Waals surface area contributed by atoms with E-state index >= 15 is 0 Å². The molecule has 2 rings (SSSR count). The van der Waals surface area contributed by atoms with Crippen LogP contribution in [0.1, 0.15) is 58.2 Å². The van der Waals surface area contributed by atoms with Gasteiger partial charge in [0.2, 0.25) is 0 Å². The lowest BCUT2D eigenvalue weighted by Crippen LogP contribution is -2.48. The van der Waals surface area contributed by atoms with Crippen molar-refractivity contribution < 1.29 is 27.9 Å². The fraction of sp³-hybridized carbons (Fsp3) is 0.435. The molecule has 1 aromatic rings. The number of sulfone groups is 1. The van der Waals surface area contributed by atoms with Crippen molar-refractivity contribution in [2.24, 2.45) is 11.3 Å². The molecule has 1 aromatic carbocycles. The van der Waals surface area contributed by atoms with E-state index < -0.39 is 49.9 Å². The Morgan fingerprint density at radius 3 is 2.07 bits per heavy atom. The number of hydrogen-bond donors (Lipinski definition) is 1. The van der Waals surface area contributed by atoms with Gasteiger partial charge in [0, 0.05) is 11.8 Å². The maximum Gasteiger partial charge on any atom is 0.183 e. The Morgan fingerprint density at radius 2 is 1.60 bits per heavy atom. The summed E-state index contributed by atoms with van der Waals surface area (Å²) in [7, 11) is -3.57. The summed E-state index contributed by atoms with van der Waals surface area (Å²) in [4.78, 5) is 38.2. The third-order valence-corrected chi connectivity index (χ3v) is 7.03. The third-order valence-electron chi connectivity index (χ3n) is 5.89. The molecule has 1 aliphatic carbocycles. The number of ketones is 3. The number of Topliss-reactive ketones (excluding diaryl/α,β-unsaturated/α-hetero) is 3. The quantitative estimate of drug-likeness (QED) is 0.336. The number of aliphatic hydroxyl groups excluding tert-OH is 1. The van der Waals surface area contributed by atoms with E-state index in [2.05, 4.69) is 0 Å². The zero-order valence-corrected chi connectivity index (χ0v) is 19.4. The Bertz CT molecular complexity index is 1140. The Labute approximate surface area is 177 Å². The highest BCUT2D eigenvalue weighted by Gasteiger charge is 2.50. The first-order chi connectivity index (χ1) is 13.5. The van der Waals surface area contributed by atoms with E-state index in [0.29, 0.717) is 11.1 Å². The lowest BCUT2D eigenvalue weighted by molar-refractivity contribution is -0.145. The fourth-order valence-electron chi connectivity index (χ4n) is 3.74. The van der Waals surface area contributed by atoms with E-state index in [0.717, 1.165) is 17.4 Å². The van der Waals surface area contributed by atoms with Crippen LogP contribution in [0.5, 0.6) is 0 Å². The first-order valence-electron chi connectivity index (χ1n) is 9.60. The van der Waals surface area contributed by atoms with Crippen molar-refractivity contribution in [1.29, 1.82) is 0 Å². The Morgan fingerprint density at radius 1 is 1.07 bits per heavy atom. The Hall–Kier alpha value is -2.54. The summed E-state index contributed by atoms with van der Waals surface area (Å²) in [5.41, 5.74) is 0.812. The fourth-order valence-corrected chi connectivity index (χ4v) is 4.73. The molecule has 0 amide bonds. The molecule has 0 saturated heterocycles. The molecule has 30 heavy (non-hydrogen) atoms. The van der Waals surface area contributed by atoms with Gasteiger partial charge in [0.25, 0.3) is 0 Å². The monoisotopic (exact) mass is 432 g/mol. The summed E-state index contributed by atoms with van der Waals surface area (Å²) in [6, 6.07) is 2.76. The largest absolute Gasteiger partial charge is 0.506 e.